The second kappa shape index (κ2) is 10.3. The van der Waals surface area contributed by atoms with Crippen molar-refractivity contribution in [3.63, 3.8) is 0 Å². The van der Waals surface area contributed by atoms with Gasteiger partial charge >= 0.3 is 6.03 Å². The number of benzene rings is 2. The molecule has 4 rings (SSSR count). The zero-order valence-corrected chi connectivity index (χ0v) is 19.9. The lowest BCUT2D eigenvalue weighted by molar-refractivity contribution is 0.0674. The van der Waals surface area contributed by atoms with Gasteiger partial charge in [-0.2, -0.15) is 5.10 Å². The Kier molecular flexibility index (Phi) is 7.17. The topological polar surface area (TPSA) is 79.3 Å². The van der Waals surface area contributed by atoms with E-state index in [0.717, 1.165) is 24.1 Å². The molecule has 7 nitrogen and oxygen atoms in total. The Morgan fingerprint density at radius 1 is 1.12 bits per heavy atom. The predicted molar refractivity (Wildman–Crippen MR) is 130 cm³/mol. The first-order chi connectivity index (χ1) is 16.3. The molecule has 3 aromatic rings. The monoisotopic (exact) mass is 483 g/mol. The van der Waals surface area contributed by atoms with Gasteiger partial charge in [0.05, 0.1) is 16.9 Å². The maximum absolute atomic E-state index is 13.3. The molecule has 1 atom stereocenters. The van der Waals surface area contributed by atoms with Crippen LogP contribution >= 0.6 is 11.6 Å². The Morgan fingerprint density at radius 2 is 1.82 bits per heavy atom. The lowest BCUT2D eigenvalue weighted by Crippen LogP contribution is -2.44. The molecular formula is C25H27ClFN5O2. The van der Waals surface area contributed by atoms with Crippen LogP contribution in [0.2, 0.25) is 5.15 Å². The van der Waals surface area contributed by atoms with Crippen LogP contribution in [0.1, 0.15) is 34.5 Å². The average Bonchev–Trinajstić information content (AvgIpc) is 3.13. The molecule has 0 radical (unpaired) electrons. The highest BCUT2D eigenvalue weighted by Gasteiger charge is 2.29. The molecule has 0 saturated carbocycles. The van der Waals surface area contributed by atoms with E-state index in [1.165, 1.54) is 16.8 Å². The van der Waals surface area contributed by atoms with Crippen molar-refractivity contribution in [3.8, 4) is 5.69 Å². The standard InChI is InChI=1S/C25H27ClFN5O2/c1-16-5-9-20(10-6-16)29-25(34)28-14-18-4-3-13-31(15-18)24(33)22-17(2)30-32(23(22)26)21-11-7-19(27)8-12-21/h5-12,18H,3-4,13-15H2,1-2H3,(H2,28,29,34). The highest BCUT2D eigenvalue weighted by molar-refractivity contribution is 6.33. The molecule has 2 aromatic carbocycles. The van der Waals surface area contributed by atoms with Crippen LogP contribution in [0.25, 0.3) is 5.69 Å². The number of hydrogen-bond donors (Lipinski definition) is 2. The molecule has 9 heteroatoms. The zero-order chi connectivity index (χ0) is 24.2. The van der Waals surface area contributed by atoms with E-state index in [1.807, 2.05) is 31.2 Å². The predicted octanol–water partition coefficient (Wildman–Crippen LogP) is 4.96. The number of anilines is 1. The fourth-order valence-electron chi connectivity index (χ4n) is 4.12. The van der Waals surface area contributed by atoms with E-state index in [1.54, 1.807) is 24.0 Å². The maximum atomic E-state index is 13.3. The van der Waals surface area contributed by atoms with Gasteiger partial charge < -0.3 is 15.5 Å². The summed E-state index contributed by atoms with van der Waals surface area (Å²) in [5, 5.41) is 10.3. The van der Waals surface area contributed by atoms with Crippen LogP contribution in [0.15, 0.2) is 48.5 Å². The summed E-state index contributed by atoms with van der Waals surface area (Å²) in [6.45, 7) is 5.31. The van der Waals surface area contributed by atoms with E-state index in [9.17, 15) is 14.0 Å². The van der Waals surface area contributed by atoms with E-state index in [0.29, 0.717) is 36.6 Å². The van der Waals surface area contributed by atoms with Gasteiger partial charge in [-0.3, -0.25) is 4.79 Å². The molecule has 2 N–H and O–H groups in total. The largest absolute Gasteiger partial charge is 0.338 e. The molecular weight excluding hydrogens is 457 g/mol. The number of likely N-dealkylation sites (tertiary alicyclic amines) is 1. The van der Waals surface area contributed by atoms with Crippen LogP contribution in [0.5, 0.6) is 0 Å². The zero-order valence-electron chi connectivity index (χ0n) is 19.1. The Labute approximate surface area is 202 Å². The maximum Gasteiger partial charge on any atom is 0.319 e. The lowest BCUT2D eigenvalue weighted by atomic mass is 9.97. The molecule has 1 aromatic heterocycles. The number of piperidine rings is 1. The van der Waals surface area contributed by atoms with E-state index in [-0.39, 0.29) is 28.8 Å². The number of nitrogens with one attached hydrogen (secondary N) is 2. The smallest absolute Gasteiger partial charge is 0.319 e. The molecule has 1 aliphatic rings. The minimum atomic E-state index is -0.361. The second-order valence-electron chi connectivity index (χ2n) is 8.60. The number of nitrogens with zero attached hydrogens (tertiary/aromatic N) is 3. The van der Waals surface area contributed by atoms with Crippen molar-refractivity contribution in [2.45, 2.75) is 26.7 Å². The van der Waals surface area contributed by atoms with Crippen molar-refractivity contribution in [1.29, 1.82) is 0 Å². The SMILES string of the molecule is Cc1ccc(NC(=O)NCC2CCCN(C(=O)c3c(C)nn(-c4ccc(F)cc4)c3Cl)C2)cc1. The summed E-state index contributed by atoms with van der Waals surface area (Å²) < 4.78 is 14.7. The lowest BCUT2D eigenvalue weighted by Gasteiger charge is -2.33. The molecule has 0 aliphatic carbocycles. The van der Waals surface area contributed by atoms with Crippen molar-refractivity contribution in [2.75, 3.05) is 25.0 Å². The van der Waals surface area contributed by atoms with Gasteiger partial charge in [-0.05, 0) is 69.0 Å². The number of carbonyl (C=O) groups is 2. The first-order valence-electron chi connectivity index (χ1n) is 11.2. The highest BCUT2D eigenvalue weighted by Crippen LogP contribution is 2.27. The normalized spacial score (nSPS) is 15.8. The molecule has 0 bridgehead atoms. The third-order valence-corrected chi connectivity index (χ3v) is 6.31. The number of amides is 3. The Balaban J connectivity index is 1.38. The van der Waals surface area contributed by atoms with Gasteiger partial charge in [-0.25, -0.2) is 13.9 Å². The minimum absolute atomic E-state index is 0.132. The molecule has 1 unspecified atom stereocenters. The minimum Gasteiger partial charge on any atom is -0.338 e. The number of aromatic nitrogens is 2. The summed E-state index contributed by atoms with van der Waals surface area (Å²) in [7, 11) is 0. The molecule has 178 valence electrons. The first kappa shape index (κ1) is 23.8. The van der Waals surface area contributed by atoms with Crippen LogP contribution in [-0.4, -0.2) is 46.3 Å². The van der Waals surface area contributed by atoms with Crippen LogP contribution in [0.4, 0.5) is 14.9 Å². The number of urea groups is 1. The van der Waals surface area contributed by atoms with E-state index < -0.39 is 0 Å². The highest BCUT2D eigenvalue weighted by atomic mass is 35.5. The molecule has 2 heterocycles. The summed E-state index contributed by atoms with van der Waals surface area (Å²) >= 11 is 6.54. The average molecular weight is 484 g/mol. The van der Waals surface area contributed by atoms with Gasteiger partial charge in [0.1, 0.15) is 11.0 Å². The summed E-state index contributed by atoms with van der Waals surface area (Å²) in [6, 6.07) is 13.1. The van der Waals surface area contributed by atoms with Gasteiger partial charge in [-0.1, -0.05) is 29.3 Å². The van der Waals surface area contributed by atoms with E-state index in [4.69, 9.17) is 11.6 Å². The van der Waals surface area contributed by atoms with Gasteiger partial charge in [-0.15, -0.1) is 0 Å². The molecule has 1 saturated heterocycles. The number of aryl methyl sites for hydroxylation is 2. The van der Waals surface area contributed by atoms with Crippen molar-refractivity contribution in [2.24, 2.45) is 5.92 Å². The van der Waals surface area contributed by atoms with Crippen LogP contribution < -0.4 is 10.6 Å². The van der Waals surface area contributed by atoms with Gasteiger partial charge in [0.2, 0.25) is 0 Å². The van der Waals surface area contributed by atoms with Gasteiger partial charge in [0, 0.05) is 25.3 Å². The van der Waals surface area contributed by atoms with Crippen molar-refractivity contribution >= 4 is 29.2 Å². The Hall–Kier alpha value is -3.39. The van der Waals surface area contributed by atoms with Gasteiger partial charge in [0.15, 0.2) is 0 Å². The van der Waals surface area contributed by atoms with E-state index in [2.05, 4.69) is 15.7 Å². The Morgan fingerprint density at radius 3 is 2.53 bits per heavy atom. The van der Waals surface area contributed by atoms with Crippen LogP contribution in [0.3, 0.4) is 0 Å². The second-order valence-corrected chi connectivity index (χ2v) is 8.96. The number of hydrogen-bond acceptors (Lipinski definition) is 3. The summed E-state index contributed by atoms with van der Waals surface area (Å²) in [4.78, 5) is 27.4. The van der Waals surface area contributed by atoms with Crippen molar-refractivity contribution in [3.05, 3.63) is 76.3 Å². The molecule has 1 fully saturated rings. The molecule has 1 aliphatic heterocycles. The fourth-order valence-corrected chi connectivity index (χ4v) is 4.47. The Bertz CT molecular complexity index is 1180. The molecule has 0 spiro atoms. The van der Waals surface area contributed by atoms with Crippen LogP contribution in [0, 0.1) is 25.6 Å². The third kappa shape index (κ3) is 5.39. The quantitative estimate of drug-likeness (QED) is 0.538. The first-order valence-corrected chi connectivity index (χ1v) is 11.6. The fraction of sp³-hybridized carbons (Fsp3) is 0.320. The number of rotatable bonds is 5. The van der Waals surface area contributed by atoms with Gasteiger partial charge in [0.25, 0.3) is 5.91 Å². The number of halogens is 2. The number of carbonyl (C=O) groups excluding carboxylic acids is 2. The molecule has 3 amide bonds. The van der Waals surface area contributed by atoms with E-state index >= 15 is 0 Å². The van der Waals surface area contributed by atoms with Crippen molar-refractivity contribution in [1.82, 2.24) is 20.0 Å². The van der Waals surface area contributed by atoms with Crippen molar-refractivity contribution < 1.29 is 14.0 Å². The summed E-state index contributed by atoms with van der Waals surface area (Å²) in [6.07, 6.45) is 1.75. The molecule has 34 heavy (non-hydrogen) atoms. The third-order valence-electron chi connectivity index (χ3n) is 5.96. The summed E-state index contributed by atoms with van der Waals surface area (Å²) in [5.74, 6) is -0.419. The summed E-state index contributed by atoms with van der Waals surface area (Å²) in [5.41, 5.74) is 3.28. The van der Waals surface area contributed by atoms with Crippen LogP contribution in [-0.2, 0) is 0 Å².